The van der Waals surface area contributed by atoms with E-state index in [9.17, 15) is 4.39 Å². The Hall–Kier alpha value is -1.05. The van der Waals surface area contributed by atoms with Gasteiger partial charge in [0, 0.05) is 5.02 Å². The number of rotatable bonds is 2. The van der Waals surface area contributed by atoms with Crippen molar-refractivity contribution in [1.82, 2.24) is 0 Å². The molecule has 0 fully saturated rings. The van der Waals surface area contributed by atoms with Crippen LogP contribution < -0.4 is 0 Å². The highest BCUT2D eigenvalue weighted by molar-refractivity contribution is 6.32. The number of benzene rings is 2. The molecule has 1 aliphatic rings. The first-order valence-electron chi connectivity index (χ1n) is 7.22. The second kappa shape index (κ2) is 5.98. The van der Waals surface area contributed by atoms with E-state index in [1.807, 2.05) is 0 Å². The minimum Gasteiger partial charge on any atom is -0.207 e. The van der Waals surface area contributed by atoms with Gasteiger partial charge >= 0.3 is 0 Å². The summed E-state index contributed by atoms with van der Waals surface area (Å²) < 4.78 is 13.5. The standard InChI is InChI=1S/C18H17Cl2F/c1-11-8-15(16(19)10-17(11)21)18(20)14-7-6-12-4-2-3-5-13(12)9-14/h2-5,8,10,14,18H,6-7,9H2,1H3. The second-order valence-corrected chi connectivity index (χ2v) is 6.67. The Bertz CT molecular complexity index is 666. The topological polar surface area (TPSA) is 0 Å². The van der Waals surface area contributed by atoms with Crippen molar-refractivity contribution in [3.05, 3.63) is 69.5 Å². The SMILES string of the molecule is Cc1cc(C(Cl)C2CCc3ccccc3C2)c(Cl)cc1F. The van der Waals surface area contributed by atoms with E-state index in [4.69, 9.17) is 23.2 Å². The van der Waals surface area contributed by atoms with Gasteiger partial charge < -0.3 is 0 Å². The van der Waals surface area contributed by atoms with Crippen LogP contribution in [0, 0.1) is 18.7 Å². The Morgan fingerprint density at radius 3 is 2.67 bits per heavy atom. The van der Waals surface area contributed by atoms with Gasteiger partial charge in [-0.15, -0.1) is 11.6 Å². The maximum atomic E-state index is 13.5. The van der Waals surface area contributed by atoms with Gasteiger partial charge in [0.15, 0.2) is 0 Å². The molecule has 21 heavy (non-hydrogen) atoms. The molecule has 0 amide bonds. The fraction of sp³-hybridized carbons (Fsp3) is 0.333. The first-order chi connectivity index (χ1) is 10.1. The van der Waals surface area contributed by atoms with Crippen LogP contribution in [0.1, 0.15) is 34.1 Å². The van der Waals surface area contributed by atoms with Crippen molar-refractivity contribution < 1.29 is 4.39 Å². The summed E-state index contributed by atoms with van der Waals surface area (Å²) in [6.45, 7) is 1.74. The number of hydrogen-bond acceptors (Lipinski definition) is 0. The second-order valence-electron chi connectivity index (χ2n) is 5.80. The highest BCUT2D eigenvalue weighted by Gasteiger charge is 2.27. The summed E-state index contributed by atoms with van der Waals surface area (Å²) in [5, 5.41) is 0.252. The molecule has 0 nitrogen and oxygen atoms in total. The Morgan fingerprint density at radius 1 is 1.19 bits per heavy atom. The van der Waals surface area contributed by atoms with Crippen LogP contribution in [0.25, 0.3) is 0 Å². The van der Waals surface area contributed by atoms with Gasteiger partial charge in [-0.3, -0.25) is 0 Å². The number of alkyl halides is 1. The molecule has 0 saturated carbocycles. The van der Waals surface area contributed by atoms with Crippen LogP contribution in [0.3, 0.4) is 0 Å². The van der Waals surface area contributed by atoms with Gasteiger partial charge in [0.1, 0.15) is 5.82 Å². The average molecular weight is 323 g/mol. The van der Waals surface area contributed by atoms with Gasteiger partial charge in [0.05, 0.1) is 5.38 Å². The molecule has 2 unspecified atom stereocenters. The zero-order valence-corrected chi connectivity index (χ0v) is 13.4. The van der Waals surface area contributed by atoms with Gasteiger partial charge in [-0.2, -0.15) is 0 Å². The Kier molecular flexibility index (Phi) is 4.24. The van der Waals surface area contributed by atoms with Crippen LogP contribution in [-0.2, 0) is 12.8 Å². The lowest BCUT2D eigenvalue weighted by atomic mass is 9.80. The minimum absolute atomic E-state index is 0.176. The number of aryl methyl sites for hydroxylation is 2. The molecule has 3 heteroatoms. The maximum absolute atomic E-state index is 13.5. The van der Waals surface area contributed by atoms with E-state index in [1.165, 1.54) is 17.2 Å². The summed E-state index contributed by atoms with van der Waals surface area (Å²) in [5.74, 6) is 0.0607. The van der Waals surface area contributed by atoms with E-state index < -0.39 is 0 Å². The van der Waals surface area contributed by atoms with Crippen molar-refractivity contribution in [2.24, 2.45) is 5.92 Å². The third kappa shape index (κ3) is 2.95. The van der Waals surface area contributed by atoms with Crippen molar-refractivity contribution in [3.8, 4) is 0 Å². The molecule has 0 saturated heterocycles. The lowest BCUT2D eigenvalue weighted by molar-refractivity contribution is 0.443. The fourth-order valence-corrected chi connectivity index (χ4v) is 3.84. The Morgan fingerprint density at radius 2 is 1.90 bits per heavy atom. The third-order valence-corrected chi connectivity index (χ3v) is 5.29. The van der Waals surface area contributed by atoms with Crippen molar-refractivity contribution in [2.45, 2.75) is 31.6 Å². The van der Waals surface area contributed by atoms with Gasteiger partial charge in [0.2, 0.25) is 0 Å². The lowest BCUT2D eigenvalue weighted by Gasteiger charge is -2.29. The zero-order valence-electron chi connectivity index (χ0n) is 11.9. The summed E-state index contributed by atoms with van der Waals surface area (Å²) in [4.78, 5) is 0. The predicted octanol–water partition coefficient (Wildman–Crippen LogP) is 5.87. The summed E-state index contributed by atoms with van der Waals surface area (Å²) in [5.41, 5.74) is 4.23. The quantitative estimate of drug-likeness (QED) is 0.606. The molecule has 0 spiro atoms. The maximum Gasteiger partial charge on any atom is 0.127 e. The van der Waals surface area contributed by atoms with Crippen molar-refractivity contribution in [3.63, 3.8) is 0 Å². The fourth-order valence-electron chi connectivity index (χ4n) is 3.12. The van der Waals surface area contributed by atoms with Crippen LogP contribution in [0.5, 0.6) is 0 Å². The molecular weight excluding hydrogens is 306 g/mol. The lowest BCUT2D eigenvalue weighted by Crippen LogP contribution is -2.18. The Balaban J connectivity index is 1.87. The van der Waals surface area contributed by atoms with Crippen molar-refractivity contribution in [2.75, 3.05) is 0 Å². The zero-order chi connectivity index (χ0) is 15.0. The van der Waals surface area contributed by atoms with Crippen LogP contribution in [0.2, 0.25) is 5.02 Å². The largest absolute Gasteiger partial charge is 0.207 e. The normalized spacial score (nSPS) is 19.1. The van der Waals surface area contributed by atoms with Crippen LogP contribution in [0.15, 0.2) is 36.4 Å². The molecule has 2 aromatic rings. The molecule has 0 aliphatic heterocycles. The minimum atomic E-state index is -0.276. The number of halogens is 3. The first kappa shape index (κ1) is 14.9. The van der Waals surface area contributed by atoms with Gasteiger partial charge in [-0.05, 0) is 60.4 Å². The van der Waals surface area contributed by atoms with E-state index >= 15 is 0 Å². The molecule has 2 aromatic carbocycles. The molecule has 2 atom stereocenters. The van der Waals surface area contributed by atoms with Crippen LogP contribution >= 0.6 is 23.2 Å². The summed E-state index contributed by atoms with van der Waals surface area (Å²) in [6, 6.07) is 11.7. The van der Waals surface area contributed by atoms with Crippen molar-refractivity contribution in [1.29, 1.82) is 0 Å². The molecule has 3 rings (SSSR count). The molecule has 0 N–H and O–H groups in total. The van der Waals surface area contributed by atoms with E-state index in [2.05, 4.69) is 24.3 Å². The first-order valence-corrected chi connectivity index (χ1v) is 8.04. The van der Waals surface area contributed by atoms with E-state index in [1.54, 1.807) is 13.0 Å². The summed E-state index contributed by atoms with van der Waals surface area (Å²) >= 11 is 12.9. The average Bonchev–Trinajstić information content (AvgIpc) is 2.50. The highest BCUT2D eigenvalue weighted by Crippen LogP contribution is 2.41. The summed E-state index contributed by atoms with van der Waals surface area (Å²) in [6.07, 6.45) is 3.04. The van der Waals surface area contributed by atoms with Gasteiger partial charge in [0.25, 0.3) is 0 Å². The third-order valence-electron chi connectivity index (χ3n) is 4.37. The number of hydrogen-bond donors (Lipinski definition) is 0. The molecule has 110 valence electrons. The summed E-state index contributed by atoms with van der Waals surface area (Å²) in [7, 11) is 0. The highest BCUT2D eigenvalue weighted by atomic mass is 35.5. The molecule has 0 radical (unpaired) electrons. The van der Waals surface area contributed by atoms with Crippen LogP contribution in [0.4, 0.5) is 4.39 Å². The molecule has 0 aromatic heterocycles. The van der Waals surface area contributed by atoms with E-state index in [-0.39, 0.29) is 11.2 Å². The molecule has 0 bridgehead atoms. The smallest absolute Gasteiger partial charge is 0.127 e. The van der Waals surface area contributed by atoms with E-state index in [0.717, 1.165) is 24.8 Å². The van der Waals surface area contributed by atoms with Gasteiger partial charge in [-0.1, -0.05) is 41.9 Å². The number of fused-ring (bicyclic) bond motifs is 1. The molecular formula is C18H17Cl2F. The van der Waals surface area contributed by atoms with Gasteiger partial charge in [-0.25, -0.2) is 4.39 Å². The Labute approximate surface area is 134 Å². The predicted molar refractivity (Wildman–Crippen MR) is 86.7 cm³/mol. The monoisotopic (exact) mass is 322 g/mol. The van der Waals surface area contributed by atoms with Crippen LogP contribution in [-0.4, -0.2) is 0 Å². The van der Waals surface area contributed by atoms with E-state index in [0.29, 0.717) is 16.5 Å². The molecule has 1 aliphatic carbocycles. The molecule has 0 heterocycles. The van der Waals surface area contributed by atoms with Crippen molar-refractivity contribution >= 4 is 23.2 Å².